The van der Waals surface area contributed by atoms with Gasteiger partial charge >= 0.3 is 0 Å². The molecule has 4 aromatic rings. The van der Waals surface area contributed by atoms with Crippen LogP contribution in [0.1, 0.15) is 26.6 Å². The van der Waals surface area contributed by atoms with Gasteiger partial charge in [0.1, 0.15) is 11.6 Å². The van der Waals surface area contributed by atoms with Crippen molar-refractivity contribution in [2.45, 2.75) is 19.5 Å². The van der Waals surface area contributed by atoms with E-state index in [1.54, 1.807) is 53.6 Å². The maximum Gasteiger partial charge on any atom is 0.268 e. The van der Waals surface area contributed by atoms with Crippen molar-refractivity contribution in [2.24, 2.45) is 0 Å². The number of anilines is 1. The zero-order chi connectivity index (χ0) is 22.3. The SMILES string of the molecule is O=C(Cc1ccc(N(Cc2cccc(F)c2)C(=O)c2cccs2)cc1)NCc1ccco1. The van der Waals surface area contributed by atoms with Crippen molar-refractivity contribution in [3.63, 3.8) is 0 Å². The molecule has 0 bridgehead atoms. The smallest absolute Gasteiger partial charge is 0.268 e. The van der Waals surface area contributed by atoms with Crippen LogP contribution in [0.4, 0.5) is 10.1 Å². The summed E-state index contributed by atoms with van der Waals surface area (Å²) < 4.78 is 18.9. The van der Waals surface area contributed by atoms with Crippen molar-refractivity contribution in [3.05, 3.63) is 112 Å². The number of nitrogens with one attached hydrogen (secondary N) is 1. The van der Waals surface area contributed by atoms with E-state index >= 15 is 0 Å². The van der Waals surface area contributed by atoms with Gasteiger partial charge in [-0.2, -0.15) is 0 Å². The Balaban J connectivity index is 1.48. The molecule has 2 amide bonds. The summed E-state index contributed by atoms with van der Waals surface area (Å²) in [5, 5.41) is 4.66. The molecule has 2 aromatic carbocycles. The van der Waals surface area contributed by atoms with Crippen molar-refractivity contribution < 1.29 is 18.4 Å². The molecule has 0 unspecified atom stereocenters. The number of benzene rings is 2. The fourth-order valence-electron chi connectivity index (χ4n) is 3.27. The molecule has 4 rings (SSSR count). The number of halogens is 1. The van der Waals surface area contributed by atoms with Gasteiger partial charge in [-0.15, -0.1) is 11.3 Å². The molecule has 0 aliphatic heterocycles. The maximum atomic E-state index is 13.7. The topological polar surface area (TPSA) is 62.6 Å². The van der Waals surface area contributed by atoms with Gasteiger partial charge in [-0.3, -0.25) is 9.59 Å². The fraction of sp³-hybridized carbons (Fsp3) is 0.120. The first-order valence-corrected chi connectivity index (χ1v) is 10.9. The van der Waals surface area contributed by atoms with Gasteiger partial charge in [0.15, 0.2) is 0 Å². The number of carbonyl (C=O) groups is 2. The van der Waals surface area contributed by atoms with Gasteiger partial charge in [-0.25, -0.2) is 4.39 Å². The molecule has 0 aliphatic carbocycles. The molecule has 0 spiro atoms. The first-order valence-electron chi connectivity index (χ1n) is 10.1. The summed E-state index contributed by atoms with van der Waals surface area (Å²) in [6.45, 7) is 0.568. The summed E-state index contributed by atoms with van der Waals surface area (Å²) in [4.78, 5) is 27.5. The molecule has 162 valence electrons. The van der Waals surface area contributed by atoms with Gasteiger partial charge in [-0.05, 0) is 59.0 Å². The second kappa shape index (κ2) is 10.1. The highest BCUT2D eigenvalue weighted by Crippen LogP contribution is 2.23. The molecule has 7 heteroatoms. The zero-order valence-electron chi connectivity index (χ0n) is 17.2. The third-order valence-corrected chi connectivity index (χ3v) is 5.72. The Hall–Kier alpha value is -3.71. The Labute approximate surface area is 189 Å². The van der Waals surface area contributed by atoms with Crippen molar-refractivity contribution in [1.29, 1.82) is 0 Å². The van der Waals surface area contributed by atoms with E-state index < -0.39 is 0 Å². The first-order chi connectivity index (χ1) is 15.6. The number of carbonyl (C=O) groups excluding carboxylic acids is 2. The molecule has 2 aromatic heterocycles. The van der Waals surface area contributed by atoms with Gasteiger partial charge in [0, 0.05) is 5.69 Å². The summed E-state index contributed by atoms with van der Waals surface area (Å²) in [5.74, 6) is 0.0596. The van der Waals surface area contributed by atoms with E-state index in [2.05, 4.69) is 5.32 Å². The lowest BCUT2D eigenvalue weighted by atomic mass is 10.1. The Morgan fingerprint density at radius 1 is 0.969 bits per heavy atom. The minimum absolute atomic E-state index is 0.125. The molecular formula is C25H21FN2O3S. The Bertz CT molecular complexity index is 1170. The van der Waals surface area contributed by atoms with Gasteiger partial charge in [-0.1, -0.05) is 30.3 Å². The number of hydrogen-bond acceptors (Lipinski definition) is 4. The molecule has 2 heterocycles. The van der Waals surface area contributed by atoms with E-state index in [-0.39, 0.29) is 30.6 Å². The lowest BCUT2D eigenvalue weighted by Gasteiger charge is -2.23. The average Bonchev–Trinajstić information content (AvgIpc) is 3.51. The van der Waals surface area contributed by atoms with E-state index in [0.717, 1.165) is 5.56 Å². The van der Waals surface area contributed by atoms with E-state index in [4.69, 9.17) is 4.42 Å². The number of hydrogen-bond donors (Lipinski definition) is 1. The summed E-state index contributed by atoms with van der Waals surface area (Å²) in [6, 6.07) is 20.6. The van der Waals surface area contributed by atoms with E-state index in [1.807, 2.05) is 23.6 Å². The summed E-state index contributed by atoms with van der Waals surface area (Å²) in [7, 11) is 0. The van der Waals surface area contributed by atoms with Crippen LogP contribution in [0.25, 0.3) is 0 Å². The Kier molecular flexibility index (Phi) is 6.77. The quantitative estimate of drug-likeness (QED) is 0.404. The second-order valence-corrected chi connectivity index (χ2v) is 8.15. The van der Waals surface area contributed by atoms with Gasteiger partial charge in [0.25, 0.3) is 5.91 Å². The van der Waals surface area contributed by atoms with Crippen LogP contribution >= 0.6 is 11.3 Å². The number of amides is 2. The van der Waals surface area contributed by atoms with Crippen LogP contribution in [0.5, 0.6) is 0 Å². The van der Waals surface area contributed by atoms with Crippen molar-refractivity contribution in [2.75, 3.05) is 4.90 Å². The van der Waals surface area contributed by atoms with Crippen molar-refractivity contribution in [3.8, 4) is 0 Å². The molecule has 0 fully saturated rings. The van der Waals surface area contributed by atoms with Crippen molar-refractivity contribution in [1.82, 2.24) is 5.32 Å². The lowest BCUT2D eigenvalue weighted by Crippen LogP contribution is -2.30. The first kappa shape index (κ1) is 21.5. The molecule has 32 heavy (non-hydrogen) atoms. The fourth-order valence-corrected chi connectivity index (χ4v) is 3.94. The summed E-state index contributed by atoms with van der Waals surface area (Å²) in [6.07, 6.45) is 1.77. The lowest BCUT2D eigenvalue weighted by molar-refractivity contribution is -0.120. The summed E-state index contributed by atoms with van der Waals surface area (Å²) >= 11 is 1.36. The molecule has 0 aliphatic rings. The molecule has 0 saturated heterocycles. The van der Waals surface area contributed by atoms with Crippen molar-refractivity contribution >= 4 is 28.8 Å². The molecule has 0 atom stereocenters. The third kappa shape index (κ3) is 5.50. The Morgan fingerprint density at radius 2 is 1.81 bits per heavy atom. The highest BCUT2D eigenvalue weighted by Gasteiger charge is 2.19. The maximum absolute atomic E-state index is 13.7. The van der Waals surface area contributed by atoms with Gasteiger partial charge in [0.05, 0.1) is 30.7 Å². The molecule has 0 saturated carbocycles. The van der Waals surface area contributed by atoms with Crippen LogP contribution in [0.3, 0.4) is 0 Å². The van der Waals surface area contributed by atoms with Crippen LogP contribution in [0.15, 0.2) is 88.9 Å². The van der Waals surface area contributed by atoms with Crippen LogP contribution < -0.4 is 10.2 Å². The minimum Gasteiger partial charge on any atom is -0.467 e. The normalized spacial score (nSPS) is 10.7. The standard InChI is InChI=1S/C25H21FN2O3S/c26-20-5-1-4-19(14-20)17-28(25(30)23-7-3-13-32-23)21-10-8-18(9-11-21)15-24(29)27-16-22-6-2-12-31-22/h1-14H,15-17H2,(H,27,29). The van der Waals surface area contributed by atoms with Crippen LogP contribution in [0.2, 0.25) is 0 Å². The second-order valence-electron chi connectivity index (χ2n) is 7.20. The Morgan fingerprint density at radius 3 is 2.50 bits per heavy atom. The monoisotopic (exact) mass is 448 g/mol. The van der Waals surface area contributed by atoms with E-state index in [1.165, 1.54) is 23.5 Å². The minimum atomic E-state index is -0.345. The van der Waals surface area contributed by atoms with Crippen LogP contribution in [-0.4, -0.2) is 11.8 Å². The largest absolute Gasteiger partial charge is 0.467 e. The predicted molar refractivity (Wildman–Crippen MR) is 122 cm³/mol. The molecule has 5 nitrogen and oxygen atoms in total. The summed E-state index contributed by atoms with van der Waals surface area (Å²) in [5.41, 5.74) is 2.18. The number of thiophene rings is 1. The number of rotatable bonds is 8. The average molecular weight is 449 g/mol. The molecular weight excluding hydrogens is 427 g/mol. The highest BCUT2D eigenvalue weighted by atomic mass is 32.1. The number of nitrogens with zero attached hydrogens (tertiary/aromatic N) is 1. The predicted octanol–water partition coefficient (Wildman–Crippen LogP) is 5.19. The zero-order valence-corrected chi connectivity index (χ0v) is 18.0. The third-order valence-electron chi connectivity index (χ3n) is 4.86. The highest BCUT2D eigenvalue weighted by molar-refractivity contribution is 7.12. The molecule has 1 N–H and O–H groups in total. The van der Waals surface area contributed by atoms with E-state index in [9.17, 15) is 14.0 Å². The number of furan rings is 1. The van der Waals surface area contributed by atoms with Crippen LogP contribution in [0, 0.1) is 5.82 Å². The van der Waals surface area contributed by atoms with E-state index in [0.29, 0.717) is 28.4 Å². The van der Waals surface area contributed by atoms with Crippen LogP contribution in [-0.2, 0) is 24.3 Å². The van der Waals surface area contributed by atoms with Gasteiger partial charge in [0.2, 0.25) is 5.91 Å². The molecule has 0 radical (unpaired) electrons. The van der Waals surface area contributed by atoms with Gasteiger partial charge < -0.3 is 14.6 Å².